The number of nitrogens with zero attached hydrogens (tertiary/aromatic N) is 1. The molecule has 1 unspecified atom stereocenters. The van der Waals surface area contributed by atoms with Crippen LogP contribution >= 0.6 is 0 Å². The van der Waals surface area contributed by atoms with Crippen molar-refractivity contribution in [2.45, 2.75) is 44.1 Å². The summed E-state index contributed by atoms with van der Waals surface area (Å²) >= 11 is 0. The van der Waals surface area contributed by atoms with Gasteiger partial charge < -0.3 is 5.32 Å². The maximum absolute atomic E-state index is 3.42. The van der Waals surface area contributed by atoms with Gasteiger partial charge in [-0.05, 0) is 52.2 Å². The van der Waals surface area contributed by atoms with Crippen molar-refractivity contribution in [3.63, 3.8) is 0 Å². The van der Waals surface area contributed by atoms with Crippen molar-refractivity contribution >= 4 is 0 Å². The highest BCUT2D eigenvalue weighted by atomic mass is 15.2. The third-order valence-corrected chi connectivity index (χ3v) is 4.46. The quantitative estimate of drug-likeness (QED) is 0.741. The Morgan fingerprint density at radius 1 is 1.29 bits per heavy atom. The van der Waals surface area contributed by atoms with Crippen LogP contribution in [0.4, 0.5) is 0 Å². The molecule has 0 aromatic heterocycles. The second-order valence-electron chi connectivity index (χ2n) is 5.14. The average Bonchev–Trinajstić information content (AvgIpc) is 2.07. The molecule has 1 aliphatic heterocycles. The highest BCUT2D eigenvalue weighted by Crippen LogP contribution is 2.43. The summed E-state index contributed by atoms with van der Waals surface area (Å²) in [5.41, 5.74) is 0.505. The molecule has 2 nitrogen and oxygen atoms in total. The lowest BCUT2D eigenvalue weighted by Gasteiger charge is -2.53. The SMILES string of the molecule is CNCC1(C2CCC2)CCCCN1C. The molecule has 1 atom stereocenters. The summed E-state index contributed by atoms with van der Waals surface area (Å²) in [6.45, 7) is 2.49. The van der Waals surface area contributed by atoms with Crippen molar-refractivity contribution < 1.29 is 0 Å². The van der Waals surface area contributed by atoms with Gasteiger partial charge in [-0.2, -0.15) is 0 Å². The molecule has 1 saturated carbocycles. The van der Waals surface area contributed by atoms with Crippen LogP contribution in [0.2, 0.25) is 0 Å². The van der Waals surface area contributed by atoms with Crippen molar-refractivity contribution in [1.29, 1.82) is 0 Å². The van der Waals surface area contributed by atoms with Crippen LogP contribution in [-0.4, -0.2) is 37.6 Å². The monoisotopic (exact) mass is 196 g/mol. The summed E-state index contributed by atoms with van der Waals surface area (Å²) < 4.78 is 0. The van der Waals surface area contributed by atoms with Gasteiger partial charge in [0, 0.05) is 12.1 Å². The molecule has 82 valence electrons. The van der Waals surface area contributed by atoms with Gasteiger partial charge in [0.1, 0.15) is 0 Å². The molecule has 0 aromatic carbocycles. The number of likely N-dealkylation sites (tertiary alicyclic amines) is 1. The molecular formula is C12H24N2. The molecule has 0 radical (unpaired) electrons. The molecule has 2 fully saturated rings. The molecule has 0 bridgehead atoms. The maximum Gasteiger partial charge on any atom is 0.0358 e. The number of likely N-dealkylation sites (N-methyl/N-ethyl adjacent to an activating group) is 2. The lowest BCUT2D eigenvalue weighted by Crippen LogP contribution is -2.61. The summed E-state index contributed by atoms with van der Waals surface area (Å²) in [6.07, 6.45) is 8.63. The zero-order valence-corrected chi connectivity index (χ0v) is 9.68. The Bertz CT molecular complexity index is 181. The van der Waals surface area contributed by atoms with Gasteiger partial charge in [0.05, 0.1) is 0 Å². The molecule has 1 heterocycles. The first-order chi connectivity index (χ1) is 6.79. The smallest absolute Gasteiger partial charge is 0.0358 e. The number of hydrogen-bond donors (Lipinski definition) is 1. The van der Waals surface area contributed by atoms with Crippen LogP contribution in [0.15, 0.2) is 0 Å². The Balaban J connectivity index is 2.09. The van der Waals surface area contributed by atoms with E-state index in [0.29, 0.717) is 5.54 Å². The van der Waals surface area contributed by atoms with E-state index in [1.54, 1.807) is 0 Å². The topological polar surface area (TPSA) is 15.3 Å². The lowest BCUT2D eigenvalue weighted by atomic mass is 9.66. The molecule has 2 aliphatic rings. The van der Waals surface area contributed by atoms with Gasteiger partial charge in [0.25, 0.3) is 0 Å². The van der Waals surface area contributed by atoms with Crippen LogP contribution < -0.4 is 5.32 Å². The fraction of sp³-hybridized carbons (Fsp3) is 1.00. The summed E-state index contributed by atoms with van der Waals surface area (Å²) in [5.74, 6) is 0.972. The second kappa shape index (κ2) is 4.19. The van der Waals surface area contributed by atoms with E-state index in [1.807, 2.05) is 0 Å². The van der Waals surface area contributed by atoms with E-state index in [0.717, 1.165) is 5.92 Å². The van der Waals surface area contributed by atoms with Crippen LogP contribution in [0.1, 0.15) is 38.5 Å². The average molecular weight is 196 g/mol. The Labute approximate surface area is 88.1 Å². The minimum atomic E-state index is 0.505. The van der Waals surface area contributed by atoms with Crippen molar-refractivity contribution in [3.05, 3.63) is 0 Å². The normalized spacial score (nSPS) is 35.6. The lowest BCUT2D eigenvalue weighted by molar-refractivity contribution is -0.0135. The standard InChI is InChI=1S/C12H24N2/c1-13-10-12(11-6-5-7-11)8-3-4-9-14(12)2/h11,13H,3-10H2,1-2H3. The van der Waals surface area contributed by atoms with Gasteiger partial charge in [-0.3, -0.25) is 4.90 Å². The highest BCUT2D eigenvalue weighted by molar-refractivity contribution is 5.01. The Morgan fingerprint density at radius 2 is 2.07 bits per heavy atom. The van der Waals surface area contributed by atoms with E-state index >= 15 is 0 Å². The van der Waals surface area contributed by atoms with Crippen LogP contribution in [0.3, 0.4) is 0 Å². The van der Waals surface area contributed by atoms with Gasteiger partial charge in [-0.25, -0.2) is 0 Å². The van der Waals surface area contributed by atoms with Crippen LogP contribution in [0, 0.1) is 5.92 Å². The van der Waals surface area contributed by atoms with Gasteiger partial charge >= 0.3 is 0 Å². The van der Waals surface area contributed by atoms with E-state index in [1.165, 1.54) is 51.6 Å². The van der Waals surface area contributed by atoms with Crippen LogP contribution in [0.25, 0.3) is 0 Å². The van der Waals surface area contributed by atoms with Crippen molar-refractivity contribution in [3.8, 4) is 0 Å². The first-order valence-electron chi connectivity index (χ1n) is 6.15. The number of nitrogens with one attached hydrogen (secondary N) is 1. The van der Waals surface area contributed by atoms with E-state index in [4.69, 9.17) is 0 Å². The fourth-order valence-corrected chi connectivity index (χ4v) is 3.33. The molecular weight excluding hydrogens is 172 g/mol. The zero-order chi connectivity index (χ0) is 10.0. The maximum atomic E-state index is 3.42. The van der Waals surface area contributed by atoms with Gasteiger partial charge in [0.15, 0.2) is 0 Å². The number of rotatable bonds is 3. The van der Waals surface area contributed by atoms with E-state index in [2.05, 4.69) is 24.3 Å². The minimum Gasteiger partial charge on any atom is -0.318 e. The Morgan fingerprint density at radius 3 is 2.57 bits per heavy atom. The first-order valence-corrected chi connectivity index (χ1v) is 6.15. The van der Waals surface area contributed by atoms with Gasteiger partial charge in [-0.15, -0.1) is 0 Å². The summed E-state index contributed by atoms with van der Waals surface area (Å²) in [5, 5.41) is 3.42. The molecule has 1 aliphatic carbocycles. The molecule has 0 amide bonds. The summed E-state index contributed by atoms with van der Waals surface area (Å²) in [6, 6.07) is 0. The first kappa shape index (κ1) is 10.4. The van der Waals surface area contributed by atoms with Gasteiger partial charge in [0.2, 0.25) is 0 Å². The van der Waals surface area contributed by atoms with Gasteiger partial charge in [-0.1, -0.05) is 12.8 Å². The zero-order valence-electron chi connectivity index (χ0n) is 9.68. The van der Waals surface area contributed by atoms with E-state index in [9.17, 15) is 0 Å². The molecule has 2 heteroatoms. The predicted molar refractivity (Wildman–Crippen MR) is 60.5 cm³/mol. The second-order valence-corrected chi connectivity index (χ2v) is 5.14. The Hall–Kier alpha value is -0.0800. The number of piperidine rings is 1. The van der Waals surface area contributed by atoms with Crippen LogP contribution in [0.5, 0.6) is 0 Å². The van der Waals surface area contributed by atoms with E-state index < -0.39 is 0 Å². The number of hydrogen-bond acceptors (Lipinski definition) is 2. The van der Waals surface area contributed by atoms with Crippen molar-refractivity contribution in [1.82, 2.24) is 10.2 Å². The summed E-state index contributed by atoms with van der Waals surface area (Å²) in [7, 11) is 4.43. The predicted octanol–water partition coefficient (Wildman–Crippen LogP) is 1.86. The van der Waals surface area contributed by atoms with Crippen LogP contribution in [-0.2, 0) is 0 Å². The molecule has 0 aromatic rings. The highest BCUT2D eigenvalue weighted by Gasteiger charge is 2.45. The molecule has 14 heavy (non-hydrogen) atoms. The largest absolute Gasteiger partial charge is 0.318 e. The van der Waals surface area contributed by atoms with E-state index in [-0.39, 0.29) is 0 Å². The van der Waals surface area contributed by atoms with Crippen molar-refractivity contribution in [2.75, 3.05) is 27.2 Å². The molecule has 2 rings (SSSR count). The molecule has 1 saturated heterocycles. The van der Waals surface area contributed by atoms with Crippen molar-refractivity contribution in [2.24, 2.45) is 5.92 Å². The third kappa shape index (κ3) is 1.59. The Kier molecular flexibility index (Phi) is 3.13. The molecule has 1 N–H and O–H groups in total. The molecule has 0 spiro atoms. The minimum absolute atomic E-state index is 0.505. The fourth-order valence-electron chi connectivity index (χ4n) is 3.33. The third-order valence-electron chi connectivity index (χ3n) is 4.46. The summed E-state index contributed by atoms with van der Waals surface area (Å²) in [4.78, 5) is 2.64.